The van der Waals surface area contributed by atoms with Crippen molar-refractivity contribution in [2.45, 2.75) is 34.0 Å². The molecular formula is C19H32BN2O. The molecule has 0 saturated heterocycles. The van der Waals surface area contributed by atoms with Crippen LogP contribution in [0.1, 0.15) is 27.2 Å². The number of hydrogen-bond donors (Lipinski definition) is 0. The quantitative estimate of drug-likeness (QED) is 0.529. The molecule has 0 aliphatic heterocycles. The van der Waals surface area contributed by atoms with Gasteiger partial charge in [0, 0.05) is 20.7 Å². The average Bonchev–Trinajstić information content (AvgIpc) is 2.58. The second-order valence-electron chi connectivity index (χ2n) is 4.58. The van der Waals surface area contributed by atoms with E-state index >= 15 is 0 Å². The minimum atomic E-state index is 0.764. The normalized spacial score (nSPS) is 8.96. The van der Waals surface area contributed by atoms with E-state index in [9.17, 15) is 0 Å². The molecule has 23 heavy (non-hydrogen) atoms. The van der Waals surface area contributed by atoms with Gasteiger partial charge in [-0.2, -0.15) is 10.2 Å². The molecule has 0 heterocycles. The van der Waals surface area contributed by atoms with Crippen LogP contribution in [0.25, 0.3) is 10.8 Å². The summed E-state index contributed by atoms with van der Waals surface area (Å²) in [6, 6.07) is 16.7. The number of benzene rings is 2. The molecule has 0 N–H and O–H groups in total. The van der Waals surface area contributed by atoms with Gasteiger partial charge in [0.15, 0.2) is 0 Å². The Kier molecular flexibility index (Phi) is 20.8. The summed E-state index contributed by atoms with van der Waals surface area (Å²) in [7, 11) is 5.31. The SMILES string of the molecule is CCC.CCN=NC.C[B]COC.c1ccc2ccccc2c1. The Morgan fingerprint density at radius 2 is 1.30 bits per heavy atom. The van der Waals surface area contributed by atoms with Gasteiger partial charge in [0.1, 0.15) is 7.28 Å². The van der Waals surface area contributed by atoms with E-state index in [1.165, 1.54) is 17.2 Å². The van der Waals surface area contributed by atoms with Crippen LogP contribution in [-0.4, -0.2) is 34.5 Å². The van der Waals surface area contributed by atoms with E-state index in [2.05, 4.69) is 77.3 Å². The third kappa shape index (κ3) is 16.5. The Morgan fingerprint density at radius 1 is 0.913 bits per heavy atom. The van der Waals surface area contributed by atoms with Crippen LogP contribution in [0.5, 0.6) is 0 Å². The van der Waals surface area contributed by atoms with Crippen molar-refractivity contribution < 1.29 is 4.74 Å². The Labute approximate surface area is 143 Å². The summed E-state index contributed by atoms with van der Waals surface area (Å²) in [6.45, 7) is 9.73. The van der Waals surface area contributed by atoms with E-state index in [4.69, 9.17) is 0 Å². The molecule has 0 aliphatic rings. The van der Waals surface area contributed by atoms with Crippen LogP contribution in [0.2, 0.25) is 6.82 Å². The zero-order valence-electron chi connectivity index (χ0n) is 15.6. The molecule has 0 fully saturated rings. The van der Waals surface area contributed by atoms with E-state index < -0.39 is 0 Å². The fraction of sp³-hybridized carbons (Fsp3) is 0.474. The van der Waals surface area contributed by atoms with Gasteiger partial charge in [-0.25, -0.2) is 0 Å². The van der Waals surface area contributed by atoms with Crippen molar-refractivity contribution in [3.8, 4) is 0 Å². The predicted molar refractivity (Wildman–Crippen MR) is 105 cm³/mol. The van der Waals surface area contributed by atoms with Gasteiger partial charge in [-0.3, -0.25) is 0 Å². The minimum Gasteiger partial charge on any atom is -0.394 e. The van der Waals surface area contributed by atoms with Crippen molar-refractivity contribution in [1.29, 1.82) is 0 Å². The third-order valence-corrected chi connectivity index (χ3v) is 2.27. The van der Waals surface area contributed by atoms with E-state index in [1.54, 1.807) is 14.2 Å². The van der Waals surface area contributed by atoms with Gasteiger partial charge in [-0.1, -0.05) is 75.6 Å². The predicted octanol–water partition coefficient (Wildman–Crippen LogP) is 5.69. The molecule has 0 saturated carbocycles. The molecule has 0 aliphatic carbocycles. The van der Waals surface area contributed by atoms with Crippen molar-refractivity contribution >= 4 is 18.1 Å². The summed E-state index contributed by atoms with van der Waals surface area (Å²) in [5, 5.41) is 9.70. The zero-order valence-corrected chi connectivity index (χ0v) is 15.6. The van der Waals surface area contributed by atoms with Crippen LogP contribution in [-0.2, 0) is 4.74 Å². The summed E-state index contributed by atoms with van der Waals surface area (Å²) in [4.78, 5) is 0. The number of nitrogens with zero attached hydrogens (tertiary/aromatic N) is 2. The summed E-state index contributed by atoms with van der Waals surface area (Å²) >= 11 is 0. The molecule has 0 bridgehead atoms. The van der Waals surface area contributed by atoms with Gasteiger partial charge in [-0.05, 0) is 17.7 Å². The summed E-state index contributed by atoms with van der Waals surface area (Å²) in [5.41, 5.74) is 0. The maximum atomic E-state index is 4.64. The molecule has 2 aromatic rings. The number of hydrogen-bond acceptors (Lipinski definition) is 3. The van der Waals surface area contributed by atoms with Gasteiger partial charge in [-0.15, -0.1) is 0 Å². The van der Waals surface area contributed by atoms with Crippen molar-refractivity contribution in [3.63, 3.8) is 0 Å². The number of azo groups is 1. The van der Waals surface area contributed by atoms with Crippen LogP contribution < -0.4 is 0 Å². The van der Waals surface area contributed by atoms with Gasteiger partial charge < -0.3 is 4.74 Å². The Hall–Kier alpha value is -1.68. The van der Waals surface area contributed by atoms with E-state index in [0.717, 1.165) is 13.1 Å². The molecule has 2 aromatic carbocycles. The average molecular weight is 315 g/mol. The van der Waals surface area contributed by atoms with Gasteiger partial charge in [0.05, 0.1) is 6.54 Å². The van der Waals surface area contributed by atoms with E-state index in [1.807, 2.05) is 21.0 Å². The first-order chi connectivity index (χ1) is 11.2. The highest BCUT2D eigenvalue weighted by Gasteiger charge is 1.85. The van der Waals surface area contributed by atoms with Crippen molar-refractivity contribution in [2.75, 3.05) is 27.2 Å². The summed E-state index contributed by atoms with van der Waals surface area (Å²) in [6.07, 6.45) is 1.25. The monoisotopic (exact) mass is 315 g/mol. The Balaban J connectivity index is 0. The van der Waals surface area contributed by atoms with Crippen molar-refractivity contribution in [3.05, 3.63) is 48.5 Å². The molecule has 0 atom stereocenters. The Bertz CT molecular complexity index is 422. The largest absolute Gasteiger partial charge is 0.394 e. The van der Waals surface area contributed by atoms with Crippen LogP contribution in [0, 0.1) is 0 Å². The minimum absolute atomic E-state index is 0.764. The van der Waals surface area contributed by atoms with Crippen molar-refractivity contribution in [2.24, 2.45) is 10.2 Å². The molecule has 3 nitrogen and oxygen atoms in total. The highest BCUT2D eigenvalue weighted by Crippen LogP contribution is 2.11. The maximum absolute atomic E-state index is 4.64. The highest BCUT2D eigenvalue weighted by molar-refractivity contribution is 6.33. The lowest BCUT2D eigenvalue weighted by atomic mass is 9.85. The second kappa shape index (κ2) is 20.3. The smallest absolute Gasteiger partial charge is 0.141 e. The van der Waals surface area contributed by atoms with E-state index in [0.29, 0.717) is 0 Å². The first kappa shape index (κ1) is 23.6. The molecule has 2 rings (SSSR count). The molecule has 127 valence electrons. The fourth-order valence-corrected chi connectivity index (χ4v) is 1.44. The highest BCUT2D eigenvalue weighted by atomic mass is 16.5. The number of rotatable bonds is 3. The lowest BCUT2D eigenvalue weighted by Crippen LogP contribution is -1.92. The third-order valence-electron chi connectivity index (χ3n) is 2.27. The zero-order chi connectivity index (χ0) is 17.8. The molecule has 0 spiro atoms. The fourth-order valence-electron chi connectivity index (χ4n) is 1.44. The molecule has 1 radical (unpaired) electrons. The molecule has 0 unspecified atom stereocenters. The van der Waals surface area contributed by atoms with Gasteiger partial charge >= 0.3 is 0 Å². The topological polar surface area (TPSA) is 34.0 Å². The second-order valence-corrected chi connectivity index (χ2v) is 4.58. The van der Waals surface area contributed by atoms with E-state index in [-0.39, 0.29) is 0 Å². The van der Waals surface area contributed by atoms with Crippen LogP contribution in [0.4, 0.5) is 0 Å². The molecule has 0 aromatic heterocycles. The number of ether oxygens (including phenoxy) is 1. The van der Waals surface area contributed by atoms with Gasteiger partial charge in [0.25, 0.3) is 0 Å². The first-order valence-electron chi connectivity index (χ1n) is 8.17. The van der Waals surface area contributed by atoms with Crippen molar-refractivity contribution in [1.82, 2.24) is 0 Å². The van der Waals surface area contributed by atoms with Crippen LogP contribution in [0.15, 0.2) is 58.8 Å². The molecule has 0 amide bonds. The molecule has 4 heteroatoms. The van der Waals surface area contributed by atoms with Crippen LogP contribution in [0.3, 0.4) is 0 Å². The van der Waals surface area contributed by atoms with Crippen LogP contribution >= 0.6 is 0 Å². The standard InChI is InChI=1S/C10H8.C3H8BO.C3H8N2.C3H8/c1-2-6-10-8-4-3-7-9(10)5-1;1-4-3-5-2;1-3-5-4-2;1-3-2/h1-8H;2*3H2,1-2H3;3H2,1-2H3. The lowest BCUT2D eigenvalue weighted by Gasteiger charge is -1.92. The maximum Gasteiger partial charge on any atom is 0.141 e. The number of methoxy groups -OCH3 is 1. The number of fused-ring (bicyclic) bond motifs is 1. The lowest BCUT2D eigenvalue weighted by molar-refractivity contribution is 0.252. The van der Waals surface area contributed by atoms with Gasteiger partial charge in [0.2, 0.25) is 0 Å². The summed E-state index contributed by atoms with van der Waals surface area (Å²) in [5.74, 6) is 0. The first-order valence-corrected chi connectivity index (χ1v) is 8.17. The summed E-state index contributed by atoms with van der Waals surface area (Å²) < 4.78 is 4.64. The molecular weight excluding hydrogens is 283 g/mol. The Morgan fingerprint density at radius 3 is 1.43 bits per heavy atom.